The van der Waals surface area contributed by atoms with Gasteiger partial charge < -0.3 is 9.32 Å². The van der Waals surface area contributed by atoms with E-state index in [-0.39, 0.29) is 17.7 Å². The van der Waals surface area contributed by atoms with E-state index in [0.717, 1.165) is 38.3 Å². The zero-order valence-corrected chi connectivity index (χ0v) is 21.0. The number of H-pyrrole nitrogens is 1. The van der Waals surface area contributed by atoms with E-state index in [1.807, 2.05) is 24.3 Å². The molecule has 1 saturated heterocycles. The smallest absolute Gasteiger partial charge is 0.343 e. The molecule has 1 unspecified atom stereocenters. The maximum absolute atomic E-state index is 13.3. The number of benzene rings is 1. The van der Waals surface area contributed by atoms with E-state index in [1.54, 1.807) is 20.4 Å². The van der Waals surface area contributed by atoms with Gasteiger partial charge in [-0.3, -0.25) is 19.5 Å². The third-order valence-electron chi connectivity index (χ3n) is 7.80. The van der Waals surface area contributed by atoms with E-state index in [1.165, 1.54) is 25.0 Å². The van der Waals surface area contributed by atoms with E-state index in [2.05, 4.69) is 14.9 Å². The van der Waals surface area contributed by atoms with Gasteiger partial charge in [0.05, 0.1) is 6.26 Å². The number of nitrogens with one attached hydrogen (secondary N) is 1. The number of hydrogen-bond donors (Lipinski definition) is 2. The normalized spacial score (nSPS) is 20.3. The van der Waals surface area contributed by atoms with Crippen molar-refractivity contribution in [2.24, 2.45) is 16.8 Å². The fourth-order valence-corrected chi connectivity index (χ4v) is 5.47. The average molecular weight is 520 g/mol. The summed E-state index contributed by atoms with van der Waals surface area (Å²) in [5, 5.41) is 4.57. The molecule has 0 spiro atoms. The molecule has 11 nitrogen and oxygen atoms in total. The van der Waals surface area contributed by atoms with Crippen LogP contribution in [0.4, 0.5) is 15.9 Å². The molecule has 3 N–H and O–H groups in total. The number of imidazole rings is 1. The third-order valence-corrected chi connectivity index (χ3v) is 7.80. The fraction of sp³-hybridized carbons (Fsp3) is 0.423. The molecule has 38 heavy (non-hydrogen) atoms. The number of aromatic nitrogens is 4. The molecule has 0 bridgehead atoms. The van der Waals surface area contributed by atoms with Crippen molar-refractivity contribution in [2.75, 3.05) is 42.6 Å². The van der Waals surface area contributed by atoms with Crippen LogP contribution in [0.2, 0.25) is 0 Å². The Balaban J connectivity index is 1.12. The Bertz CT molecular complexity index is 1520. The first-order chi connectivity index (χ1) is 18.5. The van der Waals surface area contributed by atoms with Crippen LogP contribution in [0.5, 0.6) is 0 Å². The van der Waals surface area contributed by atoms with Crippen LogP contribution in [-0.4, -0.2) is 68.7 Å². The number of fused-ring (bicyclic) bond motifs is 3. The van der Waals surface area contributed by atoms with Crippen molar-refractivity contribution in [3.8, 4) is 0 Å². The summed E-state index contributed by atoms with van der Waals surface area (Å²) in [6.07, 6.45) is 4.65. The van der Waals surface area contributed by atoms with Gasteiger partial charge in [-0.2, -0.15) is 4.98 Å². The standard InChI is InChI=1S/C26H30FN9O2/c27-18-5-7-19(8-6-18)33-12-9-32(10-13-33)11-14-34-25-30-24-23(36(25)31-26(34)37)22(20-2-1-15-38-20)29-21(35(24)28)16-17-3-4-17/h1-2,5-8,15,17,21H,3-4,9-14,16,28H2,(H,31,37). The van der Waals surface area contributed by atoms with Gasteiger partial charge in [0, 0.05) is 45.0 Å². The second-order valence-corrected chi connectivity index (χ2v) is 10.3. The van der Waals surface area contributed by atoms with Crippen LogP contribution in [0.15, 0.2) is 56.9 Å². The van der Waals surface area contributed by atoms with E-state index >= 15 is 0 Å². The lowest BCUT2D eigenvalue weighted by molar-refractivity contribution is 0.248. The number of aliphatic imine (C=N–C) groups is 1. The summed E-state index contributed by atoms with van der Waals surface area (Å²) in [4.78, 5) is 27.4. The summed E-state index contributed by atoms with van der Waals surface area (Å²) < 4.78 is 22.3. The van der Waals surface area contributed by atoms with Crippen LogP contribution in [0.3, 0.4) is 0 Å². The molecule has 4 aromatic rings. The van der Waals surface area contributed by atoms with Crippen LogP contribution < -0.4 is 21.4 Å². The molecule has 2 fully saturated rings. The van der Waals surface area contributed by atoms with Crippen molar-refractivity contribution in [1.82, 2.24) is 24.1 Å². The van der Waals surface area contributed by atoms with E-state index in [0.29, 0.717) is 47.8 Å². The molecule has 1 aromatic carbocycles. The van der Waals surface area contributed by atoms with E-state index < -0.39 is 0 Å². The second kappa shape index (κ2) is 9.14. The number of anilines is 2. The molecule has 0 amide bonds. The van der Waals surface area contributed by atoms with Gasteiger partial charge in [0.1, 0.15) is 23.4 Å². The Morgan fingerprint density at radius 3 is 2.58 bits per heavy atom. The van der Waals surface area contributed by atoms with Gasteiger partial charge in [-0.1, -0.05) is 12.8 Å². The molecule has 3 aromatic heterocycles. The number of piperazine rings is 1. The van der Waals surface area contributed by atoms with Crippen molar-refractivity contribution in [3.63, 3.8) is 0 Å². The quantitative estimate of drug-likeness (QED) is 0.359. The Kier molecular flexibility index (Phi) is 5.59. The van der Waals surface area contributed by atoms with Crippen LogP contribution in [0.1, 0.15) is 30.7 Å². The Morgan fingerprint density at radius 2 is 1.87 bits per heavy atom. The molecular weight excluding hydrogens is 489 g/mol. The summed E-state index contributed by atoms with van der Waals surface area (Å²) in [7, 11) is 0. The lowest BCUT2D eigenvalue weighted by atomic mass is 10.1. The predicted molar refractivity (Wildman–Crippen MR) is 141 cm³/mol. The molecule has 5 heterocycles. The van der Waals surface area contributed by atoms with Crippen molar-refractivity contribution in [3.05, 3.63) is 70.4 Å². The minimum absolute atomic E-state index is 0.227. The van der Waals surface area contributed by atoms with Gasteiger partial charge in [0.15, 0.2) is 11.6 Å². The van der Waals surface area contributed by atoms with E-state index in [9.17, 15) is 9.18 Å². The molecule has 12 heteroatoms. The largest absolute Gasteiger partial charge is 0.463 e. The van der Waals surface area contributed by atoms with Crippen molar-refractivity contribution in [1.29, 1.82) is 0 Å². The number of halogens is 1. The lowest BCUT2D eigenvalue weighted by Crippen LogP contribution is -2.47. The van der Waals surface area contributed by atoms with E-state index in [4.69, 9.17) is 20.2 Å². The molecule has 2 aliphatic heterocycles. The third kappa shape index (κ3) is 4.09. The monoisotopic (exact) mass is 519 g/mol. The zero-order valence-electron chi connectivity index (χ0n) is 21.0. The van der Waals surface area contributed by atoms with Gasteiger partial charge >= 0.3 is 5.69 Å². The summed E-state index contributed by atoms with van der Waals surface area (Å²) in [5.74, 6) is 8.65. The Labute approximate surface area is 217 Å². The topological polar surface area (TPSA) is 116 Å². The maximum Gasteiger partial charge on any atom is 0.343 e. The van der Waals surface area contributed by atoms with Gasteiger partial charge in [0.25, 0.3) is 0 Å². The molecule has 7 rings (SSSR count). The first-order valence-corrected chi connectivity index (χ1v) is 13.2. The number of furan rings is 1. The molecule has 3 aliphatic rings. The SMILES string of the molecule is NN1c2nc3n(CCN4CCN(c5ccc(F)cc5)CC4)c(=O)[nH]n3c2C(c2ccco2)=NC1CC1CC1. The van der Waals surface area contributed by atoms with Crippen molar-refractivity contribution >= 4 is 23.0 Å². The first kappa shape index (κ1) is 23.2. The first-order valence-electron chi connectivity index (χ1n) is 13.2. The van der Waals surface area contributed by atoms with Gasteiger partial charge in [-0.15, -0.1) is 0 Å². The molecule has 1 saturated carbocycles. The number of nitrogens with two attached hydrogens (primary N) is 1. The van der Waals surface area contributed by atoms with Gasteiger partial charge in [-0.25, -0.2) is 24.6 Å². The van der Waals surface area contributed by atoms with Crippen LogP contribution in [-0.2, 0) is 6.54 Å². The highest BCUT2D eigenvalue weighted by atomic mass is 19.1. The van der Waals surface area contributed by atoms with Crippen LogP contribution in [0.25, 0.3) is 5.78 Å². The number of nitrogens with zero attached hydrogens (tertiary/aromatic N) is 7. The highest BCUT2D eigenvalue weighted by molar-refractivity contribution is 6.14. The zero-order chi connectivity index (χ0) is 25.8. The van der Waals surface area contributed by atoms with Crippen LogP contribution >= 0.6 is 0 Å². The number of rotatable bonds is 7. The Hall–Kier alpha value is -3.90. The minimum Gasteiger partial charge on any atom is -0.463 e. The highest BCUT2D eigenvalue weighted by Crippen LogP contribution is 2.38. The Morgan fingerprint density at radius 1 is 1.08 bits per heavy atom. The van der Waals surface area contributed by atoms with Crippen LogP contribution in [0, 0.1) is 11.7 Å². The lowest BCUT2D eigenvalue weighted by Gasteiger charge is -2.36. The number of hydrogen-bond acceptors (Lipinski definition) is 8. The summed E-state index contributed by atoms with van der Waals surface area (Å²) in [6, 6.07) is 10.3. The predicted octanol–water partition coefficient (Wildman–Crippen LogP) is 2.04. The second-order valence-electron chi connectivity index (χ2n) is 10.3. The highest BCUT2D eigenvalue weighted by Gasteiger charge is 2.37. The summed E-state index contributed by atoms with van der Waals surface area (Å²) in [6.45, 7) is 4.58. The summed E-state index contributed by atoms with van der Waals surface area (Å²) >= 11 is 0. The average Bonchev–Trinajstić information content (AvgIpc) is 3.30. The van der Waals surface area contributed by atoms with Crippen molar-refractivity contribution < 1.29 is 8.81 Å². The van der Waals surface area contributed by atoms with Gasteiger partial charge in [-0.05, 0) is 48.7 Å². The fourth-order valence-electron chi connectivity index (χ4n) is 5.47. The summed E-state index contributed by atoms with van der Waals surface area (Å²) in [5.41, 5.74) is 2.07. The van der Waals surface area contributed by atoms with Crippen molar-refractivity contribution in [2.45, 2.75) is 32.0 Å². The molecule has 198 valence electrons. The maximum atomic E-state index is 13.3. The van der Waals surface area contributed by atoms with Gasteiger partial charge in [0.2, 0.25) is 5.78 Å². The molecule has 1 aliphatic carbocycles. The molecule has 0 radical (unpaired) electrons. The number of aromatic amines is 1. The minimum atomic E-state index is -0.234. The number of hydrazine groups is 1. The molecule has 1 atom stereocenters. The molecular formula is C26H30FN9O2.